The number of hydrogen-bond donors (Lipinski definition) is 0. The molecule has 0 saturated carbocycles. The minimum absolute atomic E-state index is 0.103. The topological polar surface area (TPSA) is 40.8 Å². The summed E-state index contributed by atoms with van der Waals surface area (Å²) >= 11 is 0. The van der Waals surface area contributed by atoms with E-state index in [4.69, 9.17) is 4.42 Å². The summed E-state index contributed by atoms with van der Waals surface area (Å²) < 4.78 is 8.91. The first-order chi connectivity index (χ1) is 19.2. The third-order valence-corrected chi connectivity index (χ3v) is 7.94. The molecule has 0 atom stereocenters. The maximum Gasteiger partial charge on any atom is 0.216 e. The van der Waals surface area contributed by atoms with Gasteiger partial charge in [-0.3, -0.25) is 0 Å². The monoisotopic (exact) mass is 521 g/mol. The van der Waals surface area contributed by atoms with Gasteiger partial charge in [-0.25, -0.2) is 4.57 Å². The quantitative estimate of drug-likeness (QED) is 0.218. The lowest BCUT2D eigenvalue weighted by molar-refractivity contribution is -0.660. The standard InChI is InChI=1S/C37H33N2O/c1-23-18-19-39(6)32(20-23)33-24(2)10-16-30-31-17-13-28(22-38)34(36(31)40-35(30)33)27-9-7-8-26(21-27)25-11-14-29(15-12-25)37(3,4)5/h7-21H,1-6H3/q+1. The first-order valence-corrected chi connectivity index (χ1v) is 13.7. The first-order valence-electron chi connectivity index (χ1n) is 13.7. The second kappa shape index (κ2) is 9.50. The highest BCUT2D eigenvalue weighted by molar-refractivity contribution is 6.14. The van der Waals surface area contributed by atoms with E-state index >= 15 is 0 Å². The Balaban J connectivity index is 1.58. The Bertz CT molecular complexity index is 1960. The normalized spacial score (nSPS) is 11.7. The highest BCUT2D eigenvalue weighted by Crippen LogP contribution is 2.42. The fourth-order valence-corrected chi connectivity index (χ4v) is 5.64. The smallest absolute Gasteiger partial charge is 0.216 e. The molecule has 3 heteroatoms. The number of furan rings is 1. The first kappa shape index (κ1) is 25.6. The molecule has 4 aromatic carbocycles. The molecule has 0 spiro atoms. The molecule has 0 aliphatic heterocycles. The van der Waals surface area contributed by atoms with E-state index in [1.165, 1.54) is 11.1 Å². The fourth-order valence-electron chi connectivity index (χ4n) is 5.64. The van der Waals surface area contributed by atoms with Crippen LogP contribution in [0.3, 0.4) is 0 Å². The van der Waals surface area contributed by atoms with Gasteiger partial charge in [-0.1, -0.05) is 75.4 Å². The Morgan fingerprint density at radius 1 is 0.725 bits per heavy atom. The number of pyridine rings is 1. The van der Waals surface area contributed by atoms with Crippen LogP contribution in [0.25, 0.3) is 55.4 Å². The molecule has 2 aromatic heterocycles. The van der Waals surface area contributed by atoms with Crippen LogP contribution in [0.5, 0.6) is 0 Å². The van der Waals surface area contributed by atoms with Crippen molar-refractivity contribution in [3.05, 3.63) is 113 Å². The van der Waals surface area contributed by atoms with Gasteiger partial charge in [0.15, 0.2) is 6.20 Å². The SMILES string of the molecule is Cc1cc[n+](C)c(-c2c(C)ccc3c2oc2c(-c4cccc(-c5ccc(C(C)(C)C)cc5)c4)c(C#N)ccc23)c1. The zero-order valence-corrected chi connectivity index (χ0v) is 24.0. The van der Waals surface area contributed by atoms with Crippen LogP contribution >= 0.6 is 0 Å². The van der Waals surface area contributed by atoms with E-state index in [1.807, 2.05) is 12.1 Å². The predicted molar refractivity (Wildman–Crippen MR) is 164 cm³/mol. The molecule has 0 N–H and O–H groups in total. The number of fused-ring (bicyclic) bond motifs is 3. The van der Waals surface area contributed by atoms with Gasteiger partial charge in [-0.05, 0) is 70.8 Å². The van der Waals surface area contributed by atoms with E-state index in [0.717, 1.165) is 61.0 Å². The van der Waals surface area contributed by atoms with Gasteiger partial charge in [0.25, 0.3) is 0 Å². The van der Waals surface area contributed by atoms with Crippen LogP contribution in [0, 0.1) is 25.2 Å². The van der Waals surface area contributed by atoms with Crippen molar-refractivity contribution in [3.63, 3.8) is 0 Å². The number of nitriles is 1. The van der Waals surface area contributed by atoms with Gasteiger partial charge in [0.2, 0.25) is 5.69 Å². The molecule has 6 rings (SSSR count). The van der Waals surface area contributed by atoms with Gasteiger partial charge in [-0.2, -0.15) is 5.26 Å². The number of benzene rings is 4. The van der Waals surface area contributed by atoms with Gasteiger partial charge in [0.05, 0.1) is 17.2 Å². The van der Waals surface area contributed by atoms with E-state index in [1.54, 1.807) is 0 Å². The summed E-state index contributed by atoms with van der Waals surface area (Å²) in [5, 5.41) is 12.2. The second-order valence-electron chi connectivity index (χ2n) is 11.8. The second-order valence-corrected chi connectivity index (χ2v) is 11.8. The number of nitrogens with zero attached hydrogens (tertiary/aromatic N) is 2. The summed E-state index contributed by atoms with van der Waals surface area (Å²) in [4.78, 5) is 0. The highest BCUT2D eigenvalue weighted by atomic mass is 16.3. The van der Waals surface area contributed by atoms with E-state index in [9.17, 15) is 5.26 Å². The molecule has 3 nitrogen and oxygen atoms in total. The van der Waals surface area contributed by atoms with Gasteiger partial charge in [-0.15, -0.1) is 0 Å². The summed E-state index contributed by atoms with van der Waals surface area (Å²) in [6.45, 7) is 10.9. The molecule has 0 amide bonds. The van der Waals surface area contributed by atoms with Gasteiger partial charge in [0.1, 0.15) is 18.2 Å². The molecule has 196 valence electrons. The van der Waals surface area contributed by atoms with Gasteiger partial charge >= 0.3 is 0 Å². The highest BCUT2D eigenvalue weighted by Gasteiger charge is 2.23. The molecular formula is C37H33N2O+. The molecule has 0 unspecified atom stereocenters. The third kappa shape index (κ3) is 4.27. The Labute approximate surface area is 236 Å². The minimum Gasteiger partial charge on any atom is -0.454 e. The molecule has 40 heavy (non-hydrogen) atoms. The average Bonchev–Trinajstić information content (AvgIpc) is 3.32. The predicted octanol–water partition coefficient (Wildman–Crippen LogP) is 9.20. The number of hydrogen-bond acceptors (Lipinski definition) is 2. The van der Waals surface area contributed by atoms with Crippen molar-refractivity contribution < 1.29 is 8.98 Å². The number of aromatic nitrogens is 1. The average molecular weight is 522 g/mol. The van der Waals surface area contributed by atoms with Gasteiger partial charge < -0.3 is 4.42 Å². The molecule has 0 bridgehead atoms. The zero-order valence-electron chi connectivity index (χ0n) is 24.0. The van der Waals surface area contributed by atoms with Crippen LogP contribution in [-0.2, 0) is 12.5 Å². The van der Waals surface area contributed by atoms with Crippen molar-refractivity contribution in [2.75, 3.05) is 0 Å². The number of rotatable bonds is 3. The minimum atomic E-state index is 0.103. The Hall–Kier alpha value is -4.68. The Morgan fingerprint density at radius 3 is 2.10 bits per heavy atom. The van der Waals surface area contributed by atoms with E-state index < -0.39 is 0 Å². The van der Waals surface area contributed by atoms with Crippen LogP contribution in [0.4, 0.5) is 0 Å². The molecule has 0 aliphatic carbocycles. The third-order valence-electron chi connectivity index (χ3n) is 7.94. The van der Waals surface area contributed by atoms with Crippen molar-refractivity contribution in [1.82, 2.24) is 0 Å². The maximum atomic E-state index is 10.2. The summed E-state index contributed by atoms with van der Waals surface area (Å²) in [6, 6.07) is 32.2. The van der Waals surface area contributed by atoms with Crippen molar-refractivity contribution in [2.24, 2.45) is 7.05 Å². The van der Waals surface area contributed by atoms with E-state index in [2.05, 4.69) is 131 Å². The maximum absolute atomic E-state index is 10.2. The molecule has 0 aliphatic rings. The van der Waals surface area contributed by atoms with Crippen LogP contribution in [0.1, 0.15) is 43.0 Å². The van der Waals surface area contributed by atoms with Crippen LogP contribution < -0.4 is 4.57 Å². The number of aryl methyl sites for hydroxylation is 3. The van der Waals surface area contributed by atoms with E-state index in [-0.39, 0.29) is 5.41 Å². The van der Waals surface area contributed by atoms with Crippen LogP contribution in [-0.4, -0.2) is 0 Å². The molecular weight excluding hydrogens is 488 g/mol. The lowest BCUT2D eigenvalue weighted by atomic mass is 9.86. The summed E-state index contributed by atoms with van der Waals surface area (Å²) in [7, 11) is 2.06. The van der Waals surface area contributed by atoms with Gasteiger partial charge in [0, 0.05) is 28.5 Å². The zero-order chi connectivity index (χ0) is 28.2. The van der Waals surface area contributed by atoms with Crippen LogP contribution in [0.15, 0.2) is 95.5 Å². The summed E-state index contributed by atoms with van der Waals surface area (Å²) in [5.74, 6) is 0. The van der Waals surface area contributed by atoms with Crippen LogP contribution in [0.2, 0.25) is 0 Å². The molecule has 0 radical (unpaired) electrons. The van der Waals surface area contributed by atoms with E-state index in [0.29, 0.717) is 5.56 Å². The molecule has 6 aromatic rings. The Kier molecular flexibility index (Phi) is 6.08. The summed E-state index contributed by atoms with van der Waals surface area (Å²) in [5.41, 5.74) is 12.2. The summed E-state index contributed by atoms with van der Waals surface area (Å²) in [6.07, 6.45) is 2.09. The Morgan fingerprint density at radius 2 is 1.40 bits per heavy atom. The van der Waals surface area contributed by atoms with Crippen molar-refractivity contribution in [3.8, 4) is 39.6 Å². The molecule has 0 fully saturated rings. The van der Waals surface area contributed by atoms with Crippen molar-refractivity contribution >= 4 is 21.9 Å². The van der Waals surface area contributed by atoms with Crippen molar-refractivity contribution in [1.29, 1.82) is 5.26 Å². The van der Waals surface area contributed by atoms with Crippen molar-refractivity contribution in [2.45, 2.75) is 40.0 Å². The largest absolute Gasteiger partial charge is 0.454 e. The lowest BCUT2D eigenvalue weighted by Gasteiger charge is -2.19. The molecule has 2 heterocycles. The lowest BCUT2D eigenvalue weighted by Crippen LogP contribution is -2.30. The fraction of sp³-hybridized carbons (Fsp3) is 0.189. The molecule has 0 saturated heterocycles.